The van der Waals surface area contributed by atoms with Crippen LogP contribution in [-0.4, -0.2) is 49.2 Å². The highest BCUT2D eigenvalue weighted by Gasteiger charge is 2.13. The Morgan fingerprint density at radius 2 is 1.96 bits per heavy atom. The lowest BCUT2D eigenvalue weighted by molar-refractivity contribution is 0.102. The van der Waals surface area contributed by atoms with Crippen LogP contribution in [0.3, 0.4) is 0 Å². The lowest BCUT2D eigenvalue weighted by Gasteiger charge is -2.17. The lowest BCUT2D eigenvalue weighted by atomic mass is 10.2. The number of nitrogens with zero attached hydrogens (tertiary/aromatic N) is 3. The third-order valence-electron chi connectivity index (χ3n) is 4.29. The molecule has 2 aromatic rings. The van der Waals surface area contributed by atoms with E-state index in [1.165, 1.54) is 18.5 Å². The van der Waals surface area contributed by atoms with Crippen LogP contribution in [0.1, 0.15) is 29.8 Å². The van der Waals surface area contributed by atoms with Crippen molar-refractivity contribution in [3.8, 4) is 0 Å². The van der Waals surface area contributed by atoms with E-state index in [1.54, 1.807) is 19.4 Å². The summed E-state index contributed by atoms with van der Waals surface area (Å²) in [6, 6.07) is 9.55. The Bertz CT molecular complexity index is 714. The Hall–Kier alpha value is -2.67. The van der Waals surface area contributed by atoms with E-state index in [9.17, 15) is 4.79 Å². The smallest absolute Gasteiger partial charge is 0.274 e. The van der Waals surface area contributed by atoms with Gasteiger partial charge in [-0.2, -0.15) is 0 Å². The molecule has 1 aromatic carbocycles. The summed E-state index contributed by atoms with van der Waals surface area (Å²) >= 11 is 0. The first kappa shape index (κ1) is 18.1. The maximum absolute atomic E-state index is 12.4. The highest BCUT2D eigenvalue weighted by Crippen LogP contribution is 2.22. The third kappa shape index (κ3) is 4.92. The number of anilines is 3. The minimum absolute atomic E-state index is 0.249. The molecule has 0 aliphatic carbocycles. The first-order chi connectivity index (χ1) is 12.8. The Morgan fingerprint density at radius 3 is 2.69 bits per heavy atom. The second-order valence-corrected chi connectivity index (χ2v) is 6.23. The van der Waals surface area contributed by atoms with Crippen molar-refractivity contribution in [1.29, 1.82) is 0 Å². The standard InChI is InChI=1S/C19H25N5O2/c1-26-14-4-10-20-19-21-11-9-17(23-19)18(25)22-15-5-7-16(8-6-15)24-12-2-3-13-24/h5-9,11H,2-4,10,12-14H2,1H3,(H,22,25)(H,20,21,23). The molecule has 1 aromatic heterocycles. The number of benzene rings is 1. The first-order valence-electron chi connectivity index (χ1n) is 8.98. The normalized spacial score (nSPS) is 13.7. The van der Waals surface area contributed by atoms with Gasteiger partial charge in [-0.1, -0.05) is 0 Å². The topological polar surface area (TPSA) is 79.4 Å². The molecule has 0 spiro atoms. The van der Waals surface area contributed by atoms with Gasteiger partial charge in [-0.3, -0.25) is 4.79 Å². The van der Waals surface area contributed by atoms with Gasteiger partial charge in [0.1, 0.15) is 5.69 Å². The molecule has 2 N–H and O–H groups in total. The van der Waals surface area contributed by atoms with Crippen LogP contribution in [0.2, 0.25) is 0 Å². The fraction of sp³-hybridized carbons (Fsp3) is 0.421. The summed E-state index contributed by atoms with van der Waals surface area (Å²) < 4.78 is 5.00. The zero-order valence-corrected chi connectivity index (χ0v) is 15.1. The Balaban J connectivity index is 1.57. The summed E-state index contributed by atoms with van der Waals surface area (Å²) in [4.78, 5) is 23.2. The van der Waals surface area contributed by atoms with Gasteiger partial charge in [-0.05, 0) is 49.6 Å². The van der Waals surface area contributed by atoms with Gasteiger partial charge < -0.3 is 20.3 Å². The van der Waals surface area contributed by atoms with Gasteiger partial charge in [0.15, 0.2) is 0 Å². The fourth-order valence-corrected chi connectivity index (χ4v) is 2.91. The molecular weight excluding hydrogens is 330 g/mol. The quantitative estimate of drug-likeness (QED) is 0.709. The Kier molecular flexibility index (Phi) is 6.38. The number of amides is 1. The molecule has 0 atom stereocenters. The van der Waals surface area contributed by atoms with Crippen molar-refractivity contribution in [1.82, 2.24) is 9.97 Å². The fourth-order valence-electron chi connectivity index (χ4n) is 2.91. The molecule has 1 fully saturated rings. The van der Waals surface area contributed by atoms with E-state index in [-0.39, 0.29) is 5.91 Å². The van der Waals surface area contributed by atoms with Gasteiger partial charge in [-0.25, -0.2) is 9.97 Å². The van der Waals surface area contributed by atoms with Crippen LogP contribution in [-0.2, 0) is 4.74 Å². The minimum Gasteiger partial charge on any atom is -0.385 e. The Morgan fingerprint density at radius 1 is 1.19 bits per heavy atom. The Labute approximate surface area is 153 Å². The van der Waals surface area contributed by atoms with Crippen LogP contribution in [0.25, 0.3) is 0 Å². The van der Waals surface area contributed by atoms with Crippen molar-refractivity contribution in [2.75, 3.05) is 48.9 Å². The molecule has 0 unspecified atom stereocenters. The molecule has 1 saturated heterocycles. The minimum atomic E-state index is -0.249. The van der Waals surface area contributed by atoms with Gasteiger partial charge in [0.25, 0.3) is 5.91 Å². The molecule has 0 radical (unpaired) electrons. The first-order valence-corrected chi connectivity index (χ1v) is 8.98. The van der Waals surface area contributed by atoms with Gasteiger partial charge >= 0.3 is 0 Å². The summed E-state index contributed by atoms with van der Waals surface area (Å²) in [7, 11) is 1.67. The van der Waals surface area contributed by atoms with Crippen LogP contribution in [0.5, 0.6) is 0 Å². The maximum Gasteiger partial charge on any atom is 0.274 e. The summed E-state index contributed by atoms with van der Waals surface area (Å²) in [6.45, 7) is 3.57. The highest BCUT2D eigenvalue weighted by atomic mass is 16.5. The van der Waals surface area contributed by atoms with Gasteiger partial charge in [-0.15, -0.1) is 0 Å². The second kappa shape index (κ2) is 9.15. The number of rotatable bonds is 8. The van der Waals surface area contributed by atoms with E-state index >= 15 is 0 Å². The van der Waals surface area contributed by atoms with E-state index < -0.39 is 0 Å². The monoisotopic (exact) mass is 355 g/mol. The molecule has 7 nitrogen and oxygen atoms in total. The summed E-state index contributed by atoms with van der Waals surface area (Å²) in [5, 5.41) is 5.97. The van der Waals surface area contributed by atoms with Gasteiger partial charge in [0.05, 0.1) is 0 Å². The largest absolute Gasteiger partial charge is 0.385 e. The highest BCUT2D eigenvalue weighted by molar-refractivity contribution is 6.03. The molecular formula is C19H25N5O2. The zero-order valence-electron chi connectivity index (χ0n) is 15.1. The molecule has 1 aliphatic rings. The van der Waals surface area contributed by atoms with E-state index in [2.05, 4.69) is 25.5 Å². The summed E-state index contributed by atoms with van der Waals surface area (Å²) in [5.74, 6) is 0.194. The van der Waals surface area contributed by atoms with Crippen LogP contribution < -0.4 is 15.5 Å². The number of methoxy groups -OCH3 is 1. The summed E-state index contributed by atoms with van der Waals surface area (Å²) in [6.07, 6.45) is 4.92. The number of hydrogen-bond donors (Lipinski definition) is 2. The molecule has 26 heavy (non-hydrogen) atoms. The average molecular weight is 355 g/mol. The number of carbonyl (C=O) groups excluding carboxylic acids is 1. The lowest BCUT2D eigenvalue weighted by Crippen LogP contribution is -2.18. The molecule has 3 rings (SSSR count). The number of carbonyl (C=O) groups is 1. The maximum atomic E-state index is 12.4. The molecule has 1 aliphatic heterocycles. The van der Waals surface area contributed by atoms with Crippen LogP contribution >= 0.6 is 0 Å². The number of aromatic nitrogens is 2. The van der Waals surface area contributed by atoms with E-state index in [0.717, 1.165) is 25.2 Å². The van der Waals surface area contributed by atoms with Crippen molar-refractivity contribution in [2.45, 2.75) is 19.3 Å². The zero-order chi connectivity index (χ0) is 18.2. The van der Waals surface area contributed by atoms with Crippen molar-refractivity contribution < 1.29 is 9.53 Å². The number of nitrogens with one attached hydrogen (secondary N) is 2. The molecule has 2 heterocycles. The summed E-state index contributed by atoms with van der Waals surface area (Å²) in [5.41, 5.74) is 2.29. The van der Waals surface area contributed by atoms with Gasteiger partial charge in [0.2, 0.25) is 5.95 Å². The molecule has 7 heteroatoms. The number of ether oxygens (including phenoxy) is 1. The SMILES string of the molecule is COCCCNc1nccc(C(=O)Nc2ccc(N3CCCC3)cc2)n1. The van der Waals surface area contributed by atoms with Crippen molar-refractivity contribution in [3.05, 3.63) is 42.2 Å². The van der Waals surface area contributed by atoms with Crippen LogP contribution in [0, 0.1) is 0 Å². The predicted molar refractivity (Wildman–Crippen MR) is 103 cm³/mol. The molecule has 1 amide bonds. The van der Waals surface area contributed by atoms with E-state index in [1.807, 2.05) is 24.3 Å². The van der Waals surface area contributed by atoms with E-state index in [0.29, 0.717) is 24.8 Å². The predicted octanol–water partition coefficient (Wildman–Crippen LogP) is 2.78. The van der Waals surface area contributed by atoms with Crippen LogP contribution in [0.15, 0.2) is 36.5 Å². The van der Waals surface area contributed by atoms with Crippen molar-refractivity contribution in [3.63, 3.8) is 0 Å². The number of hydrogen-bond acceptors (Lipinski definition) is 6. The third-order valence-corrected chi connectivity index (χ3v) is 4.29. The van der Waals surface area contributed by atoms with Crippen molar-refractivity contribution in [2.24, 2.45) is 0 Å². The molecule has 138 valence electrons. The van der Waals surface area contributed by atoms with Crippen LogP contribution in [0.4, 0.5) is 17.3 Å². The van der Waals surface area contributed by atoms with Gasteiger partial charge in [0, 0.05) is 50.9 Å². The average Bonchev–Trinajstić information content (AvgIpc) is 3.21. The second-order valence-electron chi connectivity index (χ2n) is 6.23. The van der Waals surface area contributed by atoms with Crippen molar-refractivity contribution >= 4 is 23.2 Å². The van der Waals surface area contributed by atoms with E-state index in [4.69, 9.17) is 4.74 Å². The molecule has 0 bridgehead atoms. The molecule has 0 saturated carbocycles.